The Morgan fingerprint density at radius 3 is 2.30 bits per heavy atom. The number of hydrogen-bond acceptors (Lipinski definition) is 3. The summed E-state index contributed by atoms with van der Waals surface area (Å²) in [6, 6.07) is 20.1. The summed E-state index contributed by atoms with van der Waals surface area (Å²) in [6.45, 7) is 1.87. The van der Waals surface area contributed by atoms with Gasteiger partial charge in [0.25, 0.3) is 0 Å². The van der Waals surface area contributed by atoms with E-state index in [2.05, 4.69) is 36.4 Å². The van der Waals surface area contributed by atoms with Crippen molar-refractivity contribution in [1.82, 2.24) is 0 Å². The lowest BCUT2D eigenvalue weighted by Gasteiger charge is -2.52. The predicted molar refractivity (Wildman–Crippen MR) is 116 cm³/mol. The van der Waals surface area contributed by atoms with Crippen LogP contribution in [0, 0.1) is 17.3 Å². The molecule has 2 aromatic carbocycles. The number of carbonyl (C=O) groups excluding carboxylic acids is 2. The highest BCUT2D eigenvalue weighted by Crippen LogP contribution is 2.69. The van der Waals surface area contributed by atoms with Crippen molar-refractivity contribution >= 4 is 17.3 Å². The summed E-state index contributed by atoms with van der Waals surface area (Å²) >= 11 is 0. The molecule has 0 heterocycles. The second-order valence-corrected chi connectivity index (χ2v) is 8.35. The second kappa shape index (κ2) is 6.66. The number of Topliss-reactive ketones (excluding diaryl/α,β-unsaturated/α-hetero) is 1. The molecule has 3 heteroatoms. The van der Waals surface area contributed by atoms with E-state index in [0.717, 1.165) is 16.7 Å². The normalized spacial score (nSPS) is 31.6. The Bertz CT molecular complexity index is 1110. The minimum absolute atomic E-state index is 0.111. The van der Waals surface area contributed by atoms with E-state index in [9.17, 15) is 9.59 Å². The van der Waals surface area contributed by atoms with Crippen molar-refractivity contribution in [2.45, 2.75) is 18.8 Å². The maximum atomic E-state index is 14.1. The van der Waals surface area contributed by atoms with Gasteiger partial charge in [-0.25, -0.2) is 0 Å². The number of methoxy groups -OCH3 is 1. The van der Waals surface area contributed by atoms with Crippen LogP contribution in [0.1, 0.15) is 24.5 Å². The molecule has 6 rings (SSSR count). The Labute approximate surface area is 176 Å². The second-order valence-electron chi connectivity index (χ2n) is 8.35. The number of carbonyl (C=O) groups is 2. The van der Waals surface area contributed by atoms with Crippen molar-refractivity contribution in [2.24, 2.45) is 17.3 Å². The fourth-order valence-electron chi connectivity index (χ4n) is 6.23. The van der Waals surface area contributed by atoms with Crippen molar-refractivity contribution < 1.29 is 14.3 Å². The third-order valence-electron chi connectivity index (χ3n) is 7.23. The molecule has 0 saturated heterocycles. The summed E-state index contributed by atoms with van der Waals surface area (Å²) in [5.41, 5.74) is 1.38. The monoisotopic (exact) mass is 396 g/mol. The lowest BCUT2D eigenvalue weighted by atomic mass is 9.47. The van der Waals surface area contributed by atoms with Crippen molar-refractivity contribution in [2.75, 3.05) is 7.11 Å². The van der Waals surface area contributed by atoms with Gasteiger partial charge in [-0.1, -0.05) is 85.0 Å². The van der Waals surface area contributed by atoms with E-state index in [-0.39, 0.29) is 17.6 Å². The third kappa shape index (κ3) is 2.05. The van der Waals surface area contributed by atoms with E-state index >= 15 is 0 Å². The highest BCUT2D eigenvalue weighted by Gasteiger charge is 2.74. The van der Waals surface area contributed by atoms with Gasteiger partial charge >= 0.3 is 5.97 Å². The zero-order valence-electron chi connectivity index (χ0n) is 17.2. The molecule has 0 amide bonds. The van der Waals surface area contributed by atoms with Crippen LogP contribution in [0.5, 0.6) is 0 Å². The highest BCUT2D eigenvalue weighted by atomic mass is 16.5. The van der Waals surface area contributed by atoms with Crippen LogP contribution >= 0.6 is 0 Å². The fourth-order valence-corrected chi connectivity index (χ4v) is 6.23. The molecule has 2 aromatic rings. The van der Waals surface area contributed by atoms with Crippen LogP contribution in [0.15, 0.2) is 90.5 Å². The Balaban J connectivity index is 1.98. The third-order valence-corrected chi connectivity index (χ3v) is 7.23. The average molecular weight is 396 g/mol. The minimum atomic E-state index is -1.32. The van der Waals surface area contributed by atoms with Gasteiger partial charge < -0.3 is 4.74 Å². The lowest BCUT2D eigenvalue weighted by Crippen LogP contribution is -2.60. The predicted octanol–water partition coefficient (Wildman–Crippen LogP) is 4.90. The molecule has 150 valence electrons. The summed E-state index contributed by atoms with van der Waals surface area (Å²) < 4.78 is 5.40. The topological polar surface area (TPSA) is 43.4 Å². The molecule has 2 bridgehead atoms. The van der Waals surface area contributed by atoms with Crippen molar-refractivity contribution in [3.05, 3.63) is 102 Å². The summed E-state index contributed by atoms with van der Waals surface area (Å²) in [7, 11) is 1.39. The summed E-state index contributed by atoms with van der Waals surface area (Å²) in [5, 5.41) is 0. The maximum Gasteiger partial charge on any atom is 0.321 e. The Kier molecular flexibility index (Phi) is 4.18. The van der Waals surface area contributed by atoms with E-state index in [0.29, 0.717) is 12.0 Å². The number of ether oxygens (including phenoxy) is 1. The smallest absolute Gasteiger partial charge is 0.321 e. The van der Waals surface area contributed by atoms with Crippen LogP contribution in [0.3, 0.4) is 0 Å². The molecule has 0 aliphatic heterocycles. The Hall–Kier alpha value is -3.20. The van der Waals surface area contributed by atoms with Gasteiger partial charge in [0.1, 0.15) is 0 Å². The molecule has 4 aliphatic rings. The van der Waals surface area contributed by atoms with Crippen LogP contribution in [0.25, 0.3) is 5.57 Å². The van der Waals surface area contributed by atoms with Gasteiger partial charge in [-0.2, -0.15) is 0 Å². The van der Waals surface area contributed by atoms with Gasteiger partial charge in [-0.15, -0.1) is 0 Å². The first kappa shape index (κ1) is 18.8. The van der Waals surface area contributed by atoms with Crippen LogP contribution < -0.4 is 0 Å². The van der Waals surface area contributed by atoms with Gasteiger partial charge in [0.2, 0.25) is 0 Å². The zero-order chi connectivity index (χ0) is 20.9. The van der Waals surface area contributed by atoms with Crippen molar-refractivity contribution in [3.8, 4) is 0 Å². The average Bonchev–Trinajstić information content (AvgIpc) is 2.99. The van der Waals surface area contributed by atoms with E-state index in [4.69, 9.17) is 4.74 Å². The molecular formula is C27H24O3. The fraction of sp³-hybridized carbons (Fsp3) is 0.259. The minimum Gasteiger partial charge on any atom is -0.468 e. The Morgan fingerprint density at radius 2 is 1.63 bits per heavy atom. The van der Waals surface area contributed by atoms with Crippen LogP contribution in [-0.4, -0.2) is 18.9 Å². The van der Waals surface area contributed by atoms with Crippen LogP contribution in [0.2, 0.25) is 0 Å². The molecule has 0 spiro atoms. The number of ketones is 1. The summed E-state index contributed by atoms with van der Waals surface area (Å²) in [6.07, 6.45) is 9.16. The molecular weight excluding hydrogens is 372 g/mol. The molecule has 30 heavy (non-hydrogen) atoms. The van der Waals surface area contributed by atoms with E-state index in [1.165, 1.54) is 7.11 Å². The number of benzene rings is 2. The van der Waals surface area contributed by atoms with Crippen molar-refractivity contribution in [1.29, 1.82) is 0 Å². The van der Waals surface area contributed by atoms with Gasteiger partial charge in [-0.3, -0.25) is 9.59 Å². The largest absolute Gasteiger partial charge is 0.468 e. The zero-order valence-corrected chi connectivity index (χ0v) is 17.2. The molecule has 0 saturated carbocycles. The first-order valence-corrected chi connectivity index (χ1v) is 10.4. The lowest BCUT2D eigenvalue weighted by molar-refractivity contribution is -0.164. The van der Waals surface area contributed by atoms with Crippen molar-refractivity contribution in [3.63, 3.8) is 0 Å². The molecule has 3 nitrogen and oxygen atoms in total. The molecule has 0 fully saturated rings. The number of fused-ring (bicyclic) bond motifs is 1. The number of rotatable bonds is 3. The Morgan fingerprint density at radius 1 is 0.967 bits per heavy atom. The summed E-state index contributed by atoms with van der Waals surface area (Å²) in [4.78, 5) is 27.8. The van der Waals surface area contributed by atoms with E-state index in [1.54, 1.807) is 0 Å². The summed E-state index contributed by atoms with van der Waals surface area (Å²) in [5.74, 6) is -0.942. The molecule has 0 unspecified atom stereocenters. The molecule has 4 atom stereocenters. The first-order chi connectivity index (χ1) is 14.6. The van der Waals surface area contributed by atoms with E-state index in [1.807, 2.05) is 55.5 Å². The molecule has 0 N–H and O–H groups in total. The number of hydrogen-bond donors (Lipinski definition) is 0. The quantitative estimate of drug-likeness (QED) is 0.421. The maximum absolute atomic E-state index is 14.1. The highest BCUT2D eigenvalue weighted by molar-refractivity contribution is 6.24. The van der Waals surface area contributed by atoms with Crippen LogP contribution in [0.4, 0.5) is 0 Å². The van der Waals surface area contributed by atoms with Gasteiger partial charge in [-0.05, 0) is 35.6 Å². The first-order valence-electron chi connectivity index (χ1n) is 10.4. The van der Waals surface area contributed by atoms with Gasteiger partial charge in [0.05, 0.1) is 12.5 Å². The van der Waals surface area contributed by atoms with Crippen LogP contribution in [-0.2, 0) is 19.7 Å². The standard InChI is InChI=1S/C27H24O3/c1-18-23(19-10-5-3-6-11-19)26(20-12-7-4-8-13-20)21-14-9-15-22(17-16-21)27(26,24(18)28)25(29)30-2/h3-14,16-17,21-22H,15H2,1-2H3/t21-,22+,26-,27+/m1/s1. The number of allylic oxidation sites excluding steroid dienone is 6. The number of esters is 1. The van der Waals surface area contributed by atoms with E-state index < -0.39 is 16.8 Å². The SMILES string of the molecule is COC(=O)[C@]12C(=O)C(C)=C(c3ccccc3)[C@@]1(c1ccccc1)[C@@H]1C=CC[C@H]2C=C1. The molecule has 4 aliphatic carbocycles. The van der Waals surface area contributed by atoms with Gasteiger partial charge in [0, 0.05) is 11.8 Å². The molecule has 0 radical (unpaired) electrons. The van der Waals surface area contributed by atoms with Gasteiger partial charge in [0.15, 0.2) is 11.2 Å². The molecule has 0 aromatic heterocycles.